The molecule has 0 aliphatic carbocycles. The van der Waals surface area contributed by atoms with Crippen molar-refractivity contribution in [2.24, 2.45) is 0 Å². The Hall–Kier alpha value is -1.58. The van der Waals surface area contributed by atoms with Crippen LogP contribution in [0.4, 0.5) is 4.79 Å². The highest BCUT2D eigenvalue weighted by Gasteiger charge is 2.21. The molecule has 108 valence electrons. The maximum absolute atomic E-state index is 11.7. The van der Waals surface area contributed by atoms with Crippen LogP contribution < -0.4 is 5.32 Å². The fourth-order valence-corrected chi connectivity index (χ4v) is 2.21. The Morgan fingerprint density at radius 1 is 1.55 bits per heavy atom. The third-order valence-electron chi connectivity index (χ3n) is 2.38. The Kier molecular flexibility index (Phi) is 5.54. The molecule has 1 rings (SSSR count). The second kappa shape index (κ2) is 6.73. The molecule has 0 heterocycles. The first-order valence-corrected chi connectivity index (χ1v) is 6.86. The molecule has 0 fully saturated rings. The van der Waals surface area contributed by atoms with Gasteiger partial charge >= 0.3 is 6.09 Å². The topological polar surface area (TPSA) is 82.3 Å². The summed E-state index contributed by atoms with van der Waals surface area (Å²) < 4.78 is 5.79. The van der Waals surface area contributed by atoms with Crippen LogP contribution in [0, 0.1) is 11.3 Å². The van der Waals surface area contributed by atoms with Gasteiger partial charge in [-0.25, -0.2) is 4.79 Å². The normalized spacial score (nSPS) is 12.4. The summed E-state index contributed by atoms with van der Waals surface area (Å²) in [4.78, 5) is 11.7. The van der Waals surface area contributed by atoms with Crippen LogP contribution in [0.15, 0.2) is 22.7 Å². The largest absolute Gasteiger partial charge is 0.444 e. The number of hydrogen-bond acceptors (Lipinski definition) is 4. The highest BCUT2D eigenvalue weighted by atomic mass is 79.9. The molecule has 0 spiro atoms. The van der Waals surface area contributed by atoms with Gasteiger partial charge in [-0.1, -0.05) is 22.0 Å². The zero-order chi connectivity index (χ0) is 15.3. The third-order valence-corrected chi connectivity index (χ3v) is 3.07. The number of hydrogen-bond donors (Lipinski definition) is 2. The first kappa shape index (κ1) is 16.5. The molecule has 1 aromatic rings. The summed E-state index contributed by atoms with van der Waals surface area (Å²) in [5.41, 5.74) is 0.568. The van der Waals surface area contributed by atoms with Gasteiger partial charge in [-0.05, 0) is 38.5 Å². The van der Waals surface area contributed by atoms with E-state index >= 15 is 0 Å². The van der Waals surface area contributed by atoms with E-state index in [1.807, 2.05) is 6.07 Å². The zero-order valence-corrected chi connectivity index (χ0v) is 13.2. The van der Waals surface area contributed by atoms with Gasteiger partial charge in [0.15, 0.2) is 0 Å². The van der Waals surface area contributed by atoms with E-state index in [0.29, 0.717) is 15.6 Å². The van der Waals surface area contributed by atoms with Gasteiger partial charge in [-0.15, -0.1) is 0 Å². The Morgan fingerprint density at radius 2 is 2.20 bits per heavy atom. The van der Waals surface area contributed by atoms with Crippen molar-refractivity contribution >= 4 is 22.0 Å². The number of ether oxygens (including phenoxy) is 1. The van der Waals surface area contributed by atoms with E-state index in [2.05, 4.69) is 21.2 Å². The number of rotatable bonds is 3. The first-order valence-electron chi connectivity index (χ1n) is 6.06. The van der Waals surface area contributed by atoms with Crippen LogP contribution in [0.25, 0.3) is 0 Å². The lowest BCUT2D eigenvalue weighted by molar-refractivity contribution is 0.0481. The summed E-state index contributed by atoms with van der Waals surface area (Å²) in [6.07, 6.45) is -0.604. The highest BCUT2D eigenvalue weighted by molar-refractivity contribution is 9.10. The van der Waals surface area contributed by atoms with Crippen molar-refractivity contribution in [2.75, 3.05) is 6.61 Å². The van der Waals surface area contributed by atoms with Crippen LogP contribution in [-0.4, -0.2) is 23.4 Å². The number of nitrogens with one attached hydrogen (secondary N) is 1. The van der Waals surface area contributed by atoms with Crippen molar-refractivity contribution in [1.82, 2.24) is 5.32 Å². The molecule has 0 saturated carbocycles. The second-order valence-corrected chi connectivity index (χ2v) is 6.08. The lowest BCUT2D eigenvalue weighted by Gasteiger charge is -2.23. The van der Waals surface area contributed by atoms with Crippen molar-refractivity contribution in [2.45, 2.75) is 32.4 Å². The number of halogens is 1. The average molecular weight is 341 g/mol. The Labute approximate surface area is 126 Å². The number of benzene rings is 1. The van der Waals surface area contributed by atoms with Crippen LogP contribution in [0.3, 0.4) is 0 Å². The summed E-state index contributed by atoms with van der Waals surface area (Å²) in [5, 5.41) is 20.8. The molecule has 20 heavy (non-hydrogen) atoms. The molecule has 0 bridgehead atoms. The summed E-state index contributed by atoms with van der Waals surface area (Å²) in [6.45, 7) is 5.01. The summed E-state index contributed by atoms with van der Waals surface area (Å²) in [6, 6.07) is 6.35. The van der Waals surface area contributed by atoms with E-state index in [4.69, 9.17) is 10.00 Å². The number of carbonyl (C=O) groups excluding carboxylic acids is 1. The summed E-state index contributed by atoms with van der Waals surface area (Å²) in [5.74, 6) is 0. The van der Waals surface area contributed by atoms with Gasteiger partial charge in [0, 0.05) is 4.47 Å². The zero-order valence-electron chi connectivity index (χ0n) is 11.6. The molecular weight excluding hydrogens is 324 g/mol. The van der Waals surface area contributed by atoms with E-state index in [0.717, 1.165) is 0 Å². The highest BCUT2D eigenvalue weighted by Crippen LogP contribution is 2.25. The van der Waals surface area contributed by atoms with Gasteiger partial charge in [0.05, 0.1) is 24.3 Å². The van der Waals surface area contributed by atoms with E-state index in [-0.39, 0.29) is 6.61 Å². The molecule has 1 atom stereocenters. The molecule has 5 nitrogen and oxygen atoms in total. The van der Waals surface area contributed by atoms with E-state index < -0.39 is 17.7 Å². The van der Waals surface area contributed by atoms with Crippen LogP contribution in [0.5, 0.6) is 0 Å². The van der Waals surface area contributed by atoms with Crippen molar-refractivity contribution in [3.63, 3.8) is 0 Å². The van der Waals surface area contributed by atoms with Gasteiger partial charge in [-0.2, -0.15) is 5.26 Å². The Morgan fingerprint density at radius 3 is 2.65 bits per heavy atom. The molecule has 1 amide bonds. The fourth-order valence-electron chi connectivity index (χ4n) is 1.55. The summed E-state index contributed by atoms with van der Waals surface area (Å²) >= 11 is 3.33. The minimum atomic E-state index is -0.605. The first-order chi connectivity index (χ1) is 9.26. The third kappa shape index (κ3) is 4.83. The Balaban J connectivity index is 2.87. The molecule has 2 N–H and O–H groups in total. The fraction of sp³-hybridized carbons (Fsp3) is 0.429. The van der Waals surface area contributed by atoms with Crippen LogP contribution in [0.1, 0.15) is 37.9 Å². The van der Waals surface area contributed by atoms with Crippen LogP contribution in [-0.2, 0) is 4.74 Å². The quantitative estimate of drug-likeness (QED) is 0.886. The lowest BCUT2D eigenvalue weighted by Crippen LogP contribution is -2.36. The minimum absolute atomic E-state index is 0.274. The molecule has 1 unspecified atom stereocenters. The smallest absolute Gasteiger partial charge is 0.408 e. The number of carbonyl (C=O) groups is 1. The number of aliphatic hydroxyl groups excluding tert-OH is 1. The van der Waals surface area contributed by atoms with Crippen LogP contribution in [0.2, 0.25) is 0 Å². The van der Waals surface area contributed by atoms with Gasteiger partial charge < -0.3 is 15.2 Å². The van der Waals surface area contributed by atoms with Crippen molar-refractivity contribution < 1.29 is 14.6 Å². The summed E-state index contributed by atoms with van der Waals surface area (Å²) in [7, 11) is 0. The predicted octanol–water partition coefficient (Wildman–Crippen LogP) is 2.88. The van der Waals surface area contributed by atoms with Crippen molar-refractivity contribution in [1.29, 1.82) is 5.26 Å². The van der Waals surface area contributed by atoms with Gasteiger partial charge in [0.2, 0.25) is 0 Å². The van der Waals surface area contributed by atoms with E-state index in [1.165, 1.54) is 0 Å². The van der Waals surface area contributed by atoms with Crippen molar-refractivity contribution in [3.05, 3.63) is 33.8 Å². The lowest BCUT2D eigenvalue weighted by atomic mass is 10.1. The molecule has 1 aromatic carbocycles. The average Bonchev–Trinajstić information content (AvgIpc) is 2.34. The van der Waals surface area contributed by atoms with E-state index in [9.17, 15) is 9.90 Å². The molecule has 6 heteroatoms. The number of nitrogens with zero attached hydrogens (tertiary/aromatic N) is 1. The molecule has 0 aromatic heterocycles. The van der Waals surface area contributed by atoms with Gasteiger partial charge in [0.25, 0.3) is 0 Å². The minimum Gasteiger partial charge on any atom is -0.444 e. The van der Waals surface area contributed by atoms with Crippen LogP contribution >= 0.6 is 15.9 Å². The number of amides is 1. The number of nitriles is 1. The maximum Gasteiger partial charge on any atom is 0.408 e. The number of alkyl carbamates (subject to hydrolysis) is 1. The molecule has 0 aliphatic heterocycles. The van der Waals surface area contributed by atoms with Crippen molar-refractivity contribution in [3.8, 4) is 6.07 Å². The molecule has 0 aliphatic rings. The Bertz CT molecular complexity index is 532. The molecule has 0 radical (unpaired) electrons. The molecular formula is C14H17BrN2O3. The monoisotopic (exact) mass is 340 g/mol. The molecule has 0 saturated heterocycles. The van der Waals surface area contributed by atoms with Gasteiger partial charge in [-0.3, -0.25) is 0 Å². The predicted molar refractivity (Wildman–Crippen MR) is 78.1 cm³/mol. The standard InChI is InChI=1S/C14H17BrN2O3/c1-14(2,3)20-13(19)17-12(8-18)10-5-4-9(7-16)6-11(10)15/h4-6,12,18H,8H2,1-3H3,(H,17,19). The van der Waals surface area contributed by atoms with E-state index in [1.54, 1.807) is 39.0 Å². The second-order valence-electron chi connectivity index (χ2n) is 5.23. The van der Waals surface area contributed by atoms with Gasteiger partial charge in [0.1, 0.15) is 5.60 Å². The SMILES string of the molecule is CC(C)(C)OC(=O)NC(CO)c1ccc(C#N)cc1Br. The number of aliphatic hydroxyl groups is 1. The maximum atomic E-state index is 11.7.